The van der Waals surface area contributed by atoms with Crippen molar-refractivity contribution in [3.05, 3.63) is 53.3 Å². The van der Waals surface area contributed by atoms with Crippen molar-refractivity contribution in [3.63, 3.8) is 0 Å². The fraction of sp³-hybridized carbons (Fsp3) is 0.263. The van der Waals surface area contributed by atoms with Gasteiger partial charge in [-0.05, 0) is 43.2 Å². The van der Waals surface area contributed by atoms with Gasteiger partial charge in [0.25, 0.3) is 5.91 Å². The molecule has 3 N–H and O–H groups in total. The van der Waals surface area contributed by atoms with Gasteiger partial charge in [-0.25, -0.2) is 9.97 Å². The van der Waals surface area contributed by atoms with E-state index in [9.17, 15) is 4.79 Å². The summed E-state index contributed by atoms with van der Waals surface area (Å²) >= 11 is 11.8. The summed E-state index contributed by atoms with van der Waals surface area (Å²) in [5.74, 6) is 0.523. The molecule has 0 bridgehead atoms. The molecule has 0 radical (unpaired) electrons. The van der Waals surface area contributed by atoms with Gasteiger partial charge in [-0.15, -0.1) is 0 Å². The highest BCUT2D eigenvalue weighted by Crippen LogP contribution is 2.25. The Bertz CT molecular complexity index is 971. The van der Waals surface area contributed by atoms with Gasteiger partial charge >= 0.3 is 0 Å². The Labute approximate surface area is 177 Å². The molecule has 150 valence electrons. The number of anilines is 2. The fourth-order valence-electron chi connectivity index (χ4n) is 3.28. The zero-order valence-electron chi connectivity index (χ0n) is 15.4. The van der Waals surface area contributed by atoms with E-state index in [1.54, 1.807) is 42.7 Å². The number of H-pyrrole nitrogens is 1. The second kappa shape index (κ2) is 8.67. The maximum atomic E-state index is 12.7. The van der Waals surface area contributed by atoms with Gasteiger partial charge in [-0.3, -0.25) is 14.7 Å². The van der Waals surface area contributed by atoms with Crippen LogP contribution < -0.4 is 10.2 Å². The summed E-state index contributed by atoms with van der Waals surface area (Å²) in [5, 5.41) is 10.7. The first-order valence-electron chi connectivity index (χ1n) is 9.19. The summed E-state index contributed by atoms with van der Waals surface area (Å²) in [4.78, 5) is 25.8. The normalized spacial score (nSPS) is 14.6. The third kappa shape index (κ3) is 4.44. The van der Waals surface area contributed by atoms with Crippen LogP contribution in [0.1, 0.15) is 23.2 Å². The standard InChI is InChI=1S/C19H19Cl2N7O/c20-15-11-22-19(25-17(15)16-5-8-23-27-16)24-13-6-9-28(10-7-13)18(29)12-1-3-14(26-21)4-2-12/h1-5,8,11,13,26H,6-7,9-10H2,(H,23,27)(H,22,24,25). The number of carbonyl (C=O) groups is 1. The maximum absolute atomic E-state index is 12.7. The second-order valence-corrected chi connectivity index (χ2v) is 7.33. The number of likely N-dealkylation sites (tertiary alicyclic amines) is 1. The largest absolute Gasteiger partial charge is 0.351 e. The molecular weight excluding hydrogens is 413 g/mol. The van der Waals surface area contributed by atoms with E-state index in [-0.39, 0.29) is 11.9 Å². The van der Waals surface area contributed by atoms with E-state index in [1.165, 1.54) is 0 Å². The zero-order chi connectivity index (χ0) is 20.2. The van der Waals surface area contributed by atoms with E-state index in [1.807, 2.05) is 4.90 Å². The van der Waals surface area contributed by atoms with E-state index in [0.717, 1.165) is 18.5 Å². The van der Waals surface area contributed by atoms with Gasteiger partial charge in [0, 0.05) is 48.4 Å². The highest BCUT2D eigenvalue weighted by atomic mass is 35.5. The molecule has 8 nitrogen and oxygen atoms in total. The van der Waals surface area contributed by atoms with Crippen molar-refractivity contribution in [3.8, 4) is 11.4 Å². The lowest BCUT2D eigenvalue weighted by atomic mass is 10.0. The first-order chi connectivity index (χ1) is 14.1. The molecule has 0 spiro atoms. The van der Waals surface area contributed by atoms with E-state index in [2.05, 4.69) is 30.3 Å². The summed E-state index contributed by atoms with van der Waals surface area (Å²) in [6, 6.07) is 9.09. The van der Waals surface area contributed by atoms with Crippen LogP contribution in [0, 0.1) is 0 Å². The minimum absolute atomic E-state index is 0.0214. The first-order valence-corrected chi connectivity index (χ1v) is 9.95. The Morgan fingerprint density at radius 2 is 1.93 bits per heavy atom. The van der Waals surface area contributed by atoms with Crippen molar-refractivity contribution in [1.29, 1.82) is 0 Å². The van der Waals surface area contributed by atoms with Crippen LogP contribution in [0.2, 0.25) is 5.02 Å². The highest BCUT2D eigenvalue weighted by Gasteiger charge is 2.24. The van der Waals surface area contributed by atoms with E-state index in [4.69, 9.17) is 23.4 Å². The van der Waals surface area contributed by atoms with E-state index >= 15 is 0 Å². The van der Waals surface area contributed by atoms with Crippen molar-refractivity contribution in [2.24, 2.45) is 0 Å². The van der Waals surface area contributed by atoms with Gasteiger partial charge in [-0.1, -0.05) is 11.6 Å². The van der Waals surface area contributed by atoms with Gasteiger partial charge in [0.15, 0.2) is 0 Å². The number of nitrogens with one attached hydrogen (secondary N) is 3. The number of piperidine rings is 1. The van der Waals surface area contributed by atoms with Crippen LogP contribution in [0.4, 0.5) is 11.6 Å². The molecule has 0 unspecified atom stereocenters. The van der Waals surface area contributed by atoms with Crippen molar-refractivity contribution in [2.75, 3.05) is 23.2 Å². The average molecular weight is 432 g/mol. The van der Waals surface area contributed by atoms with Gasteiger partial charge in [0.1, 0.15) is 11.4 Å². The zero-order valence-corrected chi connectivity index (χ0v) is 16.9. The number of benzene rings is 1. The van der Waals surface area contributed by atoms with Gasteiger partial charge in [0.05, 0.1) is 11.2 Å². The molecule has 1 aromatic carbocycles. The first kappa shape index (κ1) is 19.5. The molecule has 0 aliphatic carbocycles. The van der Waals surface area contributed by atoms with Gasteiger partial charge in [-0.2, -0.15) is 5.10 Å². The van der Waals surface area contributed by atoms with Crippen LogP contribution in [0.25, 0.3) is 11.4 Å². The summed E-state index contributed by atoms with van der Waals surface area (Å²) in [6.07, 6.45) is 4.89. The Balaban J connectivity index is 1.36. The van der Waals surface area contributed by atoms with Crippen molar-refractivity contribution in [1.82, 2.24) is 25.1 Å². The summed E-state index contributed by atoms with van der Waals surface area (Å²) in [5.41, 5.74) is 2.64. The number of amides is 1. The lowest BCUT2D eigenvalue weighted by molar-refractivity contribution is 0.0718. The number of hydrogen-bond donors (Lipinski definition) is 3. The van der Waals surface area contributed by atoms with Crippen molar-refractivity contribution in [2.45, 2.75) is 18.9 Å². The third-order valence-corrected chi connectivity index (χ3v) is 5.34. The van der Waals surface area contributed by atoms with Gasteiger partial charge in [0.2, 0.25) is 5.95 Å². The quantitative estimate of drug-likeness (QED) is 0.531. The number of rotatable bonds is 5. The van der Waals surface area contributed by atoms with E-state index < -0.39 is 0 Å². The topological polar surface area (TPSA) is 98.8 Å². The van der Waals surface area contributed by atoms with Crippen LogP contribution in [0.5, 0.6) is 0 Å². The second-order valence-electron chi connectivity index (χ2n) is 6.73. The molecule has 3 aromatic rings. The molecule has 4 rings (SSSR count). The molecular formula is C19H19Cl2N7O. The van der Waals surface area contributed by atoms with Crippen LogP contribution in [-0.2, 0) is 0 Å². The average Bonchev–Trinajstić information content (AvgIpc) is 3.30. The number of aromatic nitrogens is 4. The lowest BCUT2D eigenvalue weighted by Crippen LogP contribution is -2.42. The predicted octanol–water partition coefficient (Wildman–Crippen LogP) is 3.80. The Hall–Kier alpha value is -2.84. The predicted molar refractivity (Wildman–Crippen MR) is 113 cm³/mol. The monoisotopic (exact) mass is 431 g/mol. The SMILES string of the molecule is O=C(c1ccc(NCl)cc1)N1CCC(Nc2ncc(Cl)c(-c3cc[nH]n3)n2)CC1. The Morgan fingerprint density at radius 1 is 1.17 bits per heavy atom. The number of nitrogens with zero attached hydrogens (tertiary/aromatic N) is 4. The molecule has 2 aromatic heterocycles. The summed E-state index contributed by atoms with van der Waals surface area (Å²) < 4.78 is 0. The molecule has 1 fully saturated rings. The molecule has 10 heteroatoms. The van der Waals surface area contributed by atoms with Crippen LogP contribution >= 0.6 is 23.4 Å². The Kier molecular flexibility index (Phi) is 5.82. The van der Waals surface area contributed by atoms with Crippen molar-refractivity contribution < 1.29 is 4.79 Å². The minimum Gasteiger partial charge on any atom is -0.351 e. The van der Waals surface area contributed by atoms with Crippen LogP contribution in [-0.4, -0.2) is 50.1 Å². The smallest absolute Gasteiger partial charge is 0.253 e. The third-order valence-electron chi connectivity index (χ3n) is 4.84. The molecule has 0 saturated carbocycles. The number of aromatic amines is 1. The van der Waals surface area contributed by atoms with E-state index in [0.29, 0.717) is 41.0 Å². The molecule has 1 amide bonds. The molecule has 29 heavy (non-hydrogen) atoms. The fourth-order valence-corrected chi connectivity index (χ4v) is 3.59. The minimum atomic E-state index is 0.0214. The summed E-state index contributed by atoms with van der Waals surface area (Å²) in [6.45, 7) is 1.32. The molecule has 0 atom stereocenters. The highest BCUT2D eigenvalue weighted by molar-refractivity contribution is 6.32. The molecule has 3 heterocycles. The van der Waals surface area contributed by atoms with Gasteiger partial charge < -0.3 is 10.2 Å². The molecule has 1 saturated heterocycles. The maximum Gasteiger partial charge on any atom is 0.253 e. The lowest BCUT2D eigenvalue weighted by Gasteiger charge is -2.32. The summed E-state index contributed by atoms with van der Waals surface area (Å²) in [7, 11) is 0. The Morgan fingerprint density at radius 3 is 2.59 bits per heavy atom. The molecule has 1 aliphatic rings. The number of carbonyl (C=O) groups excluding carboxylic acids is 1. The van der Waals surface area contributed by atoms with Crippen LogP contribution in [0.15, 0.2) is 42.7 Å². The number of halogens is 2. The van der Waals surface area contributed by atoms with Crippen molar-refractivity contribution >= 4 is 40.9 Å². The molecule has 1 aliphatic heterocycles. The van der Waals surface area contributed by atoms with Crippen LogP contribution in [0.3, 0.4) is 0 Å². The number of hydrogen-bond acceptors (Lipinski definition) is 6.